The highest BCUT2D eigenvalue weighted by Gasteiger charge is 2.27. The zero-order chi connectivity index (χ0) is 14.8. The summed E-state index contributed by atoms with van der Waals surface area (Å²) in [6, 6.07) is 0.342. The largest absolute Gasteiger partial charge is 0.357 e. The minimum atomic E-state index is -3.55. The third-order valence-corrected chi connectivity index (χ3v) is 5.17. The summed E-state index contributed by atoms with van der Waals surface area (Å²) >= 11 is 0. The van der Waals surface area contributed by atoms with E-state index in [0.29, 0.717) is 12.0 Å². The summed E-state index contributed by atoms with van der Waals surface area (Å²) in [5, 5.41) is 2.75. The van der Waals surface area contributed by atoms with Crippen molar-refractivity contribution in [2.45, 2.75) is 36.7 Å². The van der Waals surface area contributed by atoms with Gasteiger partial charge in [0.2, 0.25) is 16.0 Å². The fourth-order valence-corrected chi connectivity index (χ4v) is 3.44. The average molecular weight is 299 g/mol. The van der Waals surface area contributed by atoms with Crippen LogP contribution in [0.5, 0.6) is 0 Å². The van der Waals surface area contributed by atoms with Crippen LogP contribution in [0.2, 0.25) is 0 Å². The number of nitrogens with one attached hydrogen (secondary N) is 2. The van der Waals surface area contributed by atoms with Crippen LogP contribution in [0.3, 0.4) is 0 Å². The molecule has 2 heterocycles. The Morgan fingerprint density at radius 1 is 1.35 bits per heavy atom. The molecule has 1 aromatic rings. The first-order chi connectivity index (χ1) is 9.42. The third-order valence-electron chi connectivity index (χ3n) is 3.69. The quantitative estimate of drug-likeness (QED) is 0.830. The smallest absolute Gasteiger partial charge is 0.243 e. The Morgan fingerprint density at radius 3 is 2.55 bits per heavy atom. The van der Waals surface area contributed by atoms with Gasteiger partial charge in [0.15, 0.2) is 0 Å². The first-order valence-electron chi connectivity index (χ1n) is 6.64. The van der Waals surface area contributed by atoms with Crippen LogP contribution in [-0.4, -0.2) is 56.0 Å². The Labute approximate surface area is 119 Å². The van der Waals surface area contributed by atoms with E-state index in [4.69, 9.17) is 0 Å². The van der Waals surface area contributed by atoms with Crippen molar-refractivity contribution in [3.8, 4) is 0 Å². The number of sulfonamides is 1. The molecule has 112 valence electrons. The summed E-state index contributed by atoms with van der Waals surface area (Å²) < 4.78 is 27.3. The predicted molar refractivity (Wildman–Crippen MR) is 77.0 cm³/mol. The van der Waals surface area contributed by atoms with Crippen LogP contribution in [0.1, 0.15) is 19.8 Å². The van der Waals surface area contributed by atoms with Crippen molar-refractivity contribution in [1.29, 1.82) is 0 Å². The molecule has 0 saturated carbocycles. The summed E-state index contributed by atoms with van der Waals surface area (Å²) in [5.74, 6) is 0.400. The highest BCUT2D eigenvalue weighted by molar-refractivity contribution is 7.89. The second-order valence-corrected chi connectivity index (χ2v) is 6.88. The zero-order valence-electron chi connectivity index (χ0n) is 12.0. The lowest BCUT2D eigenvalue weighted by Gasteiger charge is -2.35. The molecule has 20 heavy (non-hydrogen) atoms. The van der Waals surface area contributed by atoms with Gasteiger partial charge in [-0.2, -0.15) is 0 Å². The summed E-state index contributed by atoms with van der Waals surface area (Å²) in [5.41, 5.74) is 0. The Hall–Kier alpha value is -1.25. The monoisotopic (exact) mass is 299 g/mol. The highest BCUT2D eigenvalue weighted by Crippen LogP contribution is 2.17. The van der Waals surface area contributed by atoms with E-state index in [0.717, 1.165) is 19.4 Å². The van der Waals surface area contributed by atoms with Gasteiger partial charge < -0.3 is 10.2 Å². The molecule has 1 aliphatic rings. The zero-order valence-corrected chi connectivity index (χ0v) is 12.8. The average Bonchev–Trinajstić information content (AvgIpc) is 2.43. The van der Waals surface area contributed by atoms with Crippen molar-refractivity contribution in [3.05, 3.63) is 12.4 Å². The normalized spacial score (nSPS) is 24.6. The summed E-state index contributed by atoms with van der Waals surface area (Å²) in [6.07, 6.45) is 4.26. The molecule has 2 rings (SSSR count). The molecule has 0 amide bonds. The minimum absolute atomic E-state index is 0.0322. The molecule has 0 aliphatic carbocycles. The maximum absolute atomic E-state index is 12.3. The van der Waals surface area contributed by atoms with Gasteiger partial charge in [0, 0.05) is 19.1 Å². The van der Waals surface area contributed by atoms with Gasteiger partial charge >= 0.3 is 0 Å². The Kier molecular flexibility index (Phi) is 4.56. The summed E-state index contributed by atoms with van der Waals surface area (Å²) in [6.45, 7) is 2.99. The van der Waals surface area contributed by atoms with Crippen molar-refractivity contribution >= 4 is 16.0 Å². The topological polar surface area (TPSA) is 87.2 Å². The first-order valence-corrected chi connectivity index (χ1v) is 8.13. The van der Waals surface area contributed by atoms with Crippen LogP contribution in [-0.2, 0) is 10.0 Å². The van der Waals surface area contributed by atoms with Gasteiger partial charge in [-0.25, -0.2) is 23.1 Å². The number of likely N-dealkylation sites (tertiary alicyclic amines) is 1. The second-order valence-electron chi connectivity index (χ2n) is 5.16. The SMILES string of the molecule is CNc1ncc(S(=O)(=O)NC2CCN(C)C(C)C2)cn1. The van der Waals surface area contributed by atoms with Crippen LogP contribution in [0.4, 0.5) is 5.95 Å². The molecule has 7 nitrogen and oxygen atoms in total. The molecule has 0 spiro atoms. The van der Waals surface area contributed by atoms with E-state index in [1.54, 1.807) is 7.05 Å². The number of hydrogen-bond donors (Lipinski definition) is 2. The first kappa shape index (κ1) is 15.1. The number of hydrogen-bond acceptors (Lipinski definition) is 6. The van der Waals surface area contributed by atoms with E-state index in [1.807, 2.05) is 0 Å². The maximum Gasteiger partial charge on any atom is 0.243 e. The predicted octanol–water partition coefficient (Wildman–Crippen LogP) is 0.279. The molecule has 1 saturated heterocycles. The molecular formula is C12H21N5O2S. The maximum atomic E-state index is 12.3. The molecule has 2 N–H and O–H groups in total. The third kappa shape index (κ3) is 3.44. The number of anilines is 1. The lowest BCUT2D eigenvalue weighted by molar-refractivity contribution is 0.178. The van der Waals surface area contributed by atoms with E-state index in [9.17, 15) is 8.42 Å². The minimum Gasteiger partial charge on any atom is -0.357 e. The van der Waals surface area contributed by atoms with Crippen LogP contribution in [0.15, 0.2) is 17.3 Å². The van der Waals surface area contributed by atoms with Crippen molar-refractivity contribution < 1.29 is 8.42 Å². The molecule has 2 unspecified atom stereocenters. The molecule has 0 aromatic carbocycles. The standard InChI is InChI=1S/C12H21N5O2S/c1-9-6-10(4-5-17(9)3)16-20(18,19)11-7-14-12(13-2)15-8-11/h7-10,16H,4-6H2,1-3H3,(H,13,14,15). The van der Waals surface area contributed by atoms with Crippen molar-refractivity contribution in [3.63, 3.8) is 0 Å². The van der Waals surface area contributed by atoms with Gasteiger partial charge in [0.25, 0.3) is 0 Å². The highest BCUT2D eigenvalue weighted by atomic mass is 32.2. The van der Waals surface area contributed by atoms with Crippen LogP contribution in [0, 0.1) is 0 Å². The van der Waals surface area contributed by atoms with E-state index >= 15 is 0 Å². The number of piperidine rings is 1. The Balaban J connectivity index is 2.07. The molecule has 0 bridgehead atoms. The van der Waals surface area contributed by atoms with Crippen LogP contribution < -0.4 is 10.0 Å². The van der Waals surface area contributed by atoms with Gasteiger partial charge in [0.05, 0.1) is 12.4 Å². The lowest BCUT2D eigenvalue weighted by Crippen LogP contribution is -2.47. The number of nitrogens with zero attached hydrogens (tertiary/aromatic N) is 3. The van der Waals surface area contributed by atoms with E-state index in [-0.39, 0.29) is 10.9 Å². The van der Waals surface area contributed by atoms with E-state index < -0.39 is 10.0 Å². The van der Waals surface area contributed by atoms with Gasteiger partial charge in [-0.15, -0.1) is 0 Å². The van der Waals surface area contributed by atoms with Crippen LogP contribution >= 0.6 is 0 Å². The van der Waals surface area contributed by atoms with E-state index in [1.165, 1.54) is 12.4 Å². The molecule has 8 heteroatoms. The van der Waals surface area contributed by atoms with Gasteiger partial charge in [-0.3, -0.25) is 0 Å². The Bertz CT molecular complexity index is 545. The van der Waals surface area contributed by atoms with Gasteiger partial charge in [-0.1, -0.05) is 0 Å². The van der Waals surface area contributed by atoms with Gasteiger partial charge in [0.1, 0.15) is 4.90 Å². The summed E-state index contributed by atoms with van der Waals surface area (Å²) in [4.78, 5) is 10.2. The molecule has 2 atom stereocenters. The molecule has 1 aliphatic heterocycles. The summed E-state index contributed by atoms with van der Waals surface area (Å²) in [7, 11) is 0.190. The van der Waals surface area contributed by atoms with Crippen molar-refractivity contribution in [1.82, 2.24) is 19.6 Å². The molecule has 1 aromatic heterocycles. The van der Waals surface area contributed by atoms with Gasteiger partial charge in [-0.05, 0) is 33.4 Å². The molecule has 0 radical (unpaired) electrons. The van der Waals surface area contributed by atoms with E-state index in [2.05, 4.69) is 38.9 Å². The fourth-order valence-electron chi connectivity index (χ4n) is 2.27. The number of aromatic nitrogens is 2. The Morgan fingerprint density at radius 2 is 2.00 bits per heavy atom. The number of rotatable bonds is 4. The fraction of sp³-hybridized carbons (Fsp3) is 0.667. The lowest BCUT2D eigenvalue weighted by atomic mass is 10.0. The molecule has 1 fully saturated rings. The van der Waals surface area contributed by atoms with Crippen molar-refractivity contribution in [2.24, 2.45) is 0 Å². The van der Waals surface area contributed by atoms with Crippen molar-refractivity contribution in [2.75, 3.05) is 26.0 Å². The second kappa shape index (κ2) is 6.02. The molecular weight excluding hydrogens is 278 g/mol. The van der Waals surface area contributed by atoms with Crippen LogP contribution in [0.25, 0.3) is 0 Å².